The molecule has 0 saturated carbocycles. The zero-order valence-electron chi connectivity index (χ0n) is 15.5. The van der Waals surface area contributed by atoms with Gasteiger partial charge in [-0.25, -0.2) is 0 Å². The molecule has 140 valence electrons. The zero-order valence-corrected chi connectivity index (χ0v) is 16.3. The molecule has 23 heavy (non-hydrogen) atoms. The predicted molar refractivity (Wildman–Crippen MR) is 95.4 cm³/mol. The molecule has 0 spiro atoms. The summed E-state index contributed by atoms with van der Waals surface area (Å²) in [5, 5.41) is 10.8. The minimum atomic E-state index is -3.92. The van der Waals surface area contributed by atoms with E-state index in [4.69, 9.17) is 9.39 Å². The normalized spacial score (nSPS) is 13.0. The Hall–Kier alpha value is -0.170. The van der Waals surface area contributed by atoms with Gasteiger partial charge in [0.1, 0.15) is 0 Å². The minimum absolute atomic E-state index is 0.252. The molecule has 0 aromatic carbocycles. The van der Waals surface area contributed by atoms with E-state index in [1.165, 1.54) is 0 Å². The number of nitrogens with zero attached hydrogens (tertiary/aromatic N) is 1. The van der Waals surface area contributed by atoms with Crippen LogP contribution in [0.2, 0.25) is 0 Å². The number of aliphatic hydroxyl groups is 1. The molecule has 0 aromatic rings. The van der Waals surface area contributed by atoms with Crippen molar-refractivity contribution in [1.82, 2.24) is 5.06 Å². The van der Waals surface area contributed by atoms with Crippen molar-refractivity contribution >= 4 is 10.1 Å². The molecule has 0 atom stereocenters. The minimum Gasteiger partial charge on any atom is -0.378 e. The SMILES string of the molecule is CCCCN(OS(=O)(=O)CO)C(CCC)(CCCC)CCCC. The van der Waals surface area contributed by atoms with Crippen molar-refractivity contribution in [1.29, 1.82) is 0 Å². The molecule has 0 aliphatic rings. The number of hydroxylamine groups is 2. The Morgan fingerprint density at radius 1 is 0.870 bits per heavy atom. The lowest BCUT2D eigenvalue weighted by Gasteiger charge is -2.43. The molecule has 0 aliphatic heterocycles. The van der Waals surface area contributed by atoms with Gasteiger partial charge in [-0.05, 0) is 25.7 Å². The van der Waals surface area contributed by atoms with Crippen LogP contribution in [0.1, 0.15) is 91.9 Å². The summed E-state index contributed by atoms with van der Waals surface area (Å²) >= 11 is 0. The van der Waals surface area contributed by atoms with E-state index < -0.39 is 16.1 Å². The van der Waals surface area contributed by atoms with Gasteiger partial charge in [0, 0.05) is 12.1 Å². The van der Waals surface area contributed by atoms with E-state index in [1.807, 2.05) is 0 Å². The Kier molecular flexibility index (Phi) is 12.1. The van der Waals surface area contributed by atoms with E-state index in [-0.39, 0.29) is 5.54 Å². The van der Waals surface area contributed by atoms with Crippen LogP contribution in [0.25, 0.3) is 0 Å². The highest BCUT2D eigenvalue weighted by Crippen LogP contribution is 2.34. The van der Waals surface area contributed by atoms with Crippen LogP contribution in [0.15, 0.2) is 0 Å². The summed E-state index contributed by atoms with van der Waals surface area (Å²) in [4.78, 5) is 0. The average molecular weight is 352 g/mol. The Bertz CT molecular complexity index is 376. The molecule has 0 fully saturated rings. The number of hydrogen-bond acceptors (Lipinski definition) is 5. The van der Waals surface area contributed by atoms with Gasteiger partial charge < -0.3 is 5.11 Å². The first kappa shape index (κ1) is 22.8. The van der Waals surface area contributed by atoms with Gasteiger partial charge in [0.15, 0.2) is 5.94 Å². The first-order valence-electron chi connectivity index (χ1n) is 9.22. The van der Waals surface area contributed by atoms with Crippen LogP contribution in [-0.2, 0) is 14.4 Å². The molecule has 0 aliphatic carbocycles. The Morgan fingerprint density at radius 3 is 1.78 bits per heavy atom. The molecule has 0 amide bonds. The molecule has 0 bridgehead atoms. The molecule has 0 aromatic heterocycles. The maximum Gasteiger partial charge on any atom is 0.307 e. The summed E-state index contributed by atoms with van der Waals surface area (Å²) in [6, 6.07) is 0. The van der Waals surface area contributed by atoms with Gasteiger partial charge in [-0.1, -0.05) is 66.2 Å². The van der Waals surface area contributed by atoms with Crippen molar-refractivity contribution in [2.75, 3.05) is 12.5 Å². The van der Waals surface area contributed by atoms with E-state index in [0.717, 1.165) is 64.2 Å². The molecule has 0 saturated heterocycles. The lowest BCUT2D eigenvalue weighted by atomic mass is 9.82. The van der Waals surface area contributed by atoms with Crippen LogP contribution < -0.4 is 0 Å². The molecular formula is C17H37NO4S. The van der Waals surface area contributed by atoms with Crippen molar-refractivity contribution in [3.8, 4) is 0 Å². The second kappa shape index (κ2) is 12.2. The van der Waals surface area contributed by atoms with Crippen molar-refractivity contribution in [2.24, 2.45) is 0 Å². The third kappa shape index (κ3) is 8.47. The quantitative estimate of drug-likeness (QED) is 0.447. The lowest BCUT2D eigenvalue weighted by Crippen LogP contribution is -2.50. The zero-order chi connectivity index (χ0) is 17.8. The fourth-order valence-electron chi connectivity index (χ4n) is 3.04. The fraction of sp³-hybridized carbons (Fsp3) is 1.00. The second-order valence-electron chi connectivity index (χ2n) is 6.40. The van der Waals surface area contributed by atoms with Crippen molar-refractivity contribution < 1.29 is 17.8 Å². The lowest BCUT2D eigenvalue weighted by molar-refractivity contribution is -0.154. The Morgan fingerprint density at radius 2 is 1.39 bits per heavy atom. The Labute approximate surface area is 143 Å². The van der Waals surface area contributed by atoms with Gasteiger partial charge >= 0.3 is 10.1 Å². The molecular weight excluding hydrogens is 314 g/mol. The highest BCUT2D eigenvalue weighted by molar-refractivity contribution is 7.86. The summed E-state index contributed by atoms with van der Waals surface area (Å²) in [5.74, 6) is -0.973. The molecule has 1 N–H and O–H groups in total. The van der Waals surface area contributed by atoms with Gasteiger partial charge in [0.05, 0.1) is 0 Å². The first-order valence-corrected chi connectivity index (χ1v) is 10.8. The molecule has 0 rings (SSSR count). The van der Waals surface area contributed by atoms with Crippen molar-refractivity contribution in [3.63, 3.8) is 0 Å². The third-order valence-corrected chi connectivity index (χ3v) is 5.04. The molecule has 0 unspecified atom stereocenters. The van der Waals surface area contributed by atoms with Crippen molar-refractivity contribution in [2.45, 2.75) is 97.4 Å². The maximum absolute atomic E-state index is 11.9. The standard InChI is InChI=1S/C17H37NO4S/c1-5-9-13-17(12-8-4,14-10-6-2)18(15-11-7-3)22-23(20,21)16-19/h19H,5-16H2,1-4H3. The van der Waals surface area contributed by atoms with E-state index in [0.29, 0.717) is 6.54 Å². The largest absolute Gasteiger partial charge is 0.378 e. The van der Waals surface area contributed by atoms with Crippen LogP contribution in [0.4, 0.5) is 0 Å². The van der Waals surface area contributed by atoms with E-state index >= 15 is 0 Å². The van der Waals surface area contributed by atoms with Gasteiger partial charge in [-0.15, -0.1) is 0 Å². The fourth-order valence-corrected chi connectivity index (χ4v) is 3.60. The second-order valence-corrected chi connectivity index (χ2v) is 7.92. The van der Waals surface area contributed by atoms with Gasteiger partial charge in [-0.2, -0.15) is 17.8 Å². The van der Waals surface area contributed by atoms with Crippen LogP contribution in [0, 0.1) is 0 Å². The third-order valence-electron chi connectivity index (χ3n) is 4.31. The number of rotatable bonds is 15. The van der Waals surface area contributed by atoms with Crippen LogP contribution in [0.5, 0.6) is 0 Å². The summed E-state index contributed by atoms with van der Waals surface area (Å²) in [6.07, 6.45) is 9.87. The smallest absolute Gasteiger partial charge is 0.307 e. The summed E-state index contributed by atoms with van der Waals surface area (Å²) in [7, 11) is -3.92. The topological polar surface area (TPSA) is 66.8 Å². The van der Waals surface area contributed by atoms with Gasteiger partial charge in [0.2, 0.25) is 0 Å². The van der Waals surface area contributed by atoms with Crippen molar-refractivity contribution in [3.05, 3.63) is 0 Å². The van der Waals surface area contributed by atoms with E-state index in [9.17, 15) is 8.42 Å². The first-order chi connectivity index (χ1) is 10.9. The van der Waals surface area contributed by atoms with Gasteiger partial charge in [0.25, 0.3) is 0 Å². The van der Waals surface area contributed by atoms with Crippen LogP contribution in [0.3, 0.4) is 0 Å². The van der Waals surface area contributed by atoms with E-state index in [2.05, 4.69) is 27.7 Å². The summed E-state index contributed by atoms with van der Waals surface area (Å²) < 4.78 is 29.1. The summed E-state index contributed by atoms with van der Waals surface area (Å²) in [6.45, 7) is 9.10. The van der Waals surface area contributed by atoms with E-state index in [1.54, 1.807) is 5.06 Å². The Balaban J connectivity index is 5.51. The average Bonchev–Trinajstić information content (AvgIpc) is 2.54. The van der Waals surface area contributed by atoms with Crippen LogP contribution in [-0.4, -0.2) is 36.6 Å². The van der Waals surface area contributed by atoms with Crippen LogP contribution >= 0.6 is 0 Å². The molecule has 6 heteroatoms. The maximum atomic E-state index is 11.9. The number of aliphatic hydroxyl groups excluding tert-OH is 1. The number of unbranched alkanes of at least 4 members (excludes halogenated alkanes) is 3. The highest BCUT2D eigenvalue weighted by Gasteiger charge is 2.38. The number of hydrogen-bond donors (Lipinski definition) is 1. The summed E-state index contributed by atoms with van der Waals surface area (Å²) in [5.41, 5.74) is -0.252. The highest BCUT2D eigenvalue weighted by atomic mass is 32.2. The van der Waals surface area contributed by atoms with Gasteiger partial charge in [-0.3, -0.25) is 0 Å². The predicted octanol–water partition coefficient (Wildman–Crippen LogP) is 4.22. The molecule has 0 radical (unpaired) electrons. The molecule has 5 nitrogen and oxygen atoms in total. The molecule has 0 heterocycles. The monoisotopic (exact) mass is 351 g/mol.